The molecular formula is C14H22N2O4S. The Morgan fingerprint density at radius 2 is 1.95 bits per heavy atom. The Hall–Kier alpha value is -1.11. The van der Waals surface area contributed by atoms with Crippen LogP contribution in [-0.4, -0.2) is 55.3 Å². The molecule has 3 atom stereocenters. The molecule has 0 aromatic heterocycles. The van der Waals surface area contributed by atoms with Gasteiger partial charge in [0.05, 0.1) is 11.5 Å². The van der Waals surface area contributed by atoms with Gasteiger partial charge < -0.3 is 10.2 Å². The van der Waals surface area contributed by atoms with Crippen molar-refractivity contribution in [2.45, 2.75) is 44.7 Å². The molecule has 3 rings (SSSR count). The number of hydrogen-bond donors (Lipinski definition) is 1. The van der Waals surface area contributed by atoms with Crippen molar-refractivity contribution in [1.29, 1.82) is 0 Å². The topological polar surface area (TPSA) is 83.6 Å². The van der Waals surface area contributed by atoms with Crippen molar-refractivity contribution in [3.8, 4) is 0 Å². The van der Waals surface area contributed by atoms with Crippen LogP contribution in [0.15, 0.2) is 0 Å². The number of nitrogens with zero attached hydrogens (tertiary/aromatic N) is 1. The molecule has 2 aliphatic heterocycles. The lowest BCUT2D eigenvalue weighted by molar-refractivity contribution is -0.150. The molecule has 2 amide bonds. The predicted octanol–water partition coefficient (Wildman–Crippen LogP) is -0.0633. The van der Waals surface area contributed by atoms with Crippen molar-refractivity contribution < 1.29 is 18.0 Å². The van der Waals surface area contributed by atoms with Crippen LogP contribution < -0.4 is 5.32 Å². The highest BCUT2D eigenvalue weighted by atomic mass is 32.2. The number of carbonyl (C=O) groups is 2. The quantitative estimate of drug-likeness (QED) is 0.788. The Morgan fingerprint density at radius 1 is 1.24 bits per heavy atom. The fraction of sp³-hybridized carbons (Fsp3) is 0.857. The van der Waals surface area contributed by atoms with Crippen molar-refractivity contribution in [2.75, 3.05) is 18.1 Å². The molecule has 3 fully saturated rings. The average molecular weight is 314 g/mol. The van der Waals surface area contributed by atoms with Crippen LogP contribution in [0.2, 0.25) is 0 Å². The Labute approximate surface area is 125 Å². The lowest BCUT2D eigenvalue weighted by Crippen LogP contribution is -2.64. The van der Waals surface area contributed by atoms with Crippen LogP contribution in [0.5, 0.6) is 0 Å². The van der Waals surface area contributed by atoms with E-state index >= 15 is 0 Å². The monoisotopic (exact) mass is 314 g/mol. The van der Waals surface area contributed by atoms with Gasteiger partial charge in [0.15, 0.2) is 9.84 Å². The second-order valence-corrected chi connectivity index (χ2v) is 8.74. The SMILES string of the molecule is CCC1C(=O)NC(C2CC2)C(=O)N1CC1CCS(=O)(=O)C1. The molecule has 7 heteroatoms. The Bertz CT molecular complexity index is 555. The summed E-state index contributed by atoms with van der Waals surface area (Å²) in [6.45, 7) is 2.28. The number of rotatable bonds is 4. The fourth-order valence-electron chi connectivity index (χ4n) is 3.45. The van der Waals surface area contributed by atoms with E-state index < -0.39 is 21.9 Å². The van der Waals surface area contributed by atoms with Gasteiger partial charge in [-0.2, -0.15) is 0 Å². The summed E-state index contributed by atoms with van der Waals surface area (Å²) in [5, 5.41) is 2.85. The van der Waals surface area contributed by atoms with Crippen molar-refractivity contribution in [3.63, 3.8) is 0 Å². The second-order valence-electron chi connectivity index (χ2n) is 6.51. The van der Waals surface area contributed by atoms with E-state index in [4.69, 9.17) is 0 Å². The van der Waals surface area contributed by atoms with Crippen LogP contribution >= 0.6 is 0 Å². The summed E-state index contributed by atoms with van der Waals surface area (Å²) in [5.74, 6) is 0.480. The van der Waals surface area contributed by atoms with Crippen molar-refractivity contribution in [3.05, 3.63) is 0 Å². The first-order valence-electron chi connectivity index (χ1n) is 7.72. The molecule has 3 aliphatic rings. The summed E-state index contributed by atoms with van der Waals surface area (Å²) >= 11 is 0. The first-order valence-corrected chi connectivity index (χ1v) is 9.54. The summed E-state index contributed by atoms with van der Waals surface area (Å²) in [7, 11) is -2.96. The Balaban J connectivity index is 1.75. The zero-order valence-electron chi connectivity index (χ0n) is 12.2. The van der Waals surface area contributed by atoms with E-state index in [1.165, 1.54) is 0 Å². The lowest BCUT2D eigenvalue weighted by Gasteiger charge is -2.40. The van der Waals surface area contributed by atoms with Crippen LogP contribution in [0, 0.1) is 11.8 Å². The molecule has 6 nitrogen and oxygen atoms in total. The molecule has 3 unspecified atom stereocenters. The van der Waals surface area contributed by atoms with Gasteiger partial charge in [0.2, 0.25) is 11.8 Å². The van der Waals surface area contributed by atoms with E-state index in [0.29, 0.717) is 19.4 Å². The van der Waals surface area contributed by atoms with Gasteiger partial charge in [-0.05, 0) is 37.5 Å². The molecule has 2 heterocycles. The minimum atomic E-state index is -2.96. The van der Waals surface area contributed by atoms with Gasteiger partial charge in [-0.15, -0.1) is 0 Å². The van der Waals surface area contributed by atoms with Crippen molar-refractivity contribution in [2.24, 2.45) is 11.8 Å². The van der Waals surface area contributed by atoms with Gasteiger partial charge in [-0.3, -0.25) is 9.59 Å². The largest absolute Gasteiger partial charge is 0.342 e. The van der Waals surface area contributed by atoms with Gasteiger partial charge in [-0.1, -0.05) is 6.92 Å². The van der Waals surface area contributed by atoms with E-state index in [1.54, 1.807) is 4.90 Å². The number of hydrogen-bond acceptors (Lipinski definition) is 4. The van der Waals surface area contributed by atoms with Crippen molar-refractivity contribution >= 4 is 21.7 Å². The maximum atomic E-state index is 12.6. The van der Waals surface area contributed by atoms with Crippen LogP contribution in [-0.2, 0) is 19.4 Å². The maximum absolute atomic E-state index is 12.6. The van der Waals surface area contributed by atoms with E-state index in [2.05, 4.69) is 5.32 Å². The summed E-state index contributed by atoms with van der Waals surface area (Å²) in [6.07, 6.45) is 3.13. The number of carbonyl (C=O) groups excluding carboxylic acids is 2. The molecular weight excluding hydrogens is 292 g/mol. The molecule has 2 saturated heterocycles. The zero-order valence-corrected chi connectivity index (χ0v) is 13.1. The highest BCUT2D eigenvalue weighted by molar-refractivity contribution is 7.91. The molecule has 1 saturated carbocycles. The molecule has 0 radical (unpaired) electrons. The highest BCUT2D eigenvalue weighted by Gasteiger charge is 2.47. The predicted molar refractivity (Wildman–Crippen MR) is 77.2 cm³/mol. The smallest absolute Gasteiger partial charge is 0.246 e. The number of piperazine rings is 1. The number of sulfone groups is 1. The first kappa shape index (κ1) is 14.8. The minimum Gasteiger partial charge on any atom is -0.342 e. The third-order valence-corrected chi connectivity index (χ3v) is 6.62. The van der Waals surface area contributed by atoms with Crippen LogP contribution in [0.4, 0.5) is 0 Å². The first-order chi connectivity index (χ1) is 9.91. The van der Waals surface area contributed by atoms with E-state index in [1.807, 2.05) is 6.92 Å². The van der Waals surface area contributed by atoms with Crippen LogP contribution in [0.1, 0.15) is 32.6 Å². The third-order valence-electron chi connectivity index (χ3n) is 4.79. The van der Waals surface area contributed by atoms with Crippen LogP contribution in [0.25, 0.3) is 0 Å². The molecule has 1 aliphatic carbocycles. The van der Waals surface area contributed by atoms with Gasteiger partial charge in [0, 0.05) is 6.54 Å². The minimum absolute atomic E-state index is 0.0201. The summed E-state index contributed by atoms with van der Waals surface area (Å²) in [6, 6.07) is -0.839. The van der Waals surface area contributed by atoms with E-state index in [-0.39, 0.29) is 35.2 Å². The highest BCUT2D eigenvalue weighted by Crippen LogP contribution is 2.35. The van der Waals surface area contributed by atoms with Gasteiger partial charge in [0.1, 0.15) is 12.1 Å². The normalized spacial score (nSPS) is 35.9. The van der Waals surface area contributed by atoms with E-state index in [9.17, 15) is 18.0 Å². The molecule has 0 bridgehead atoms. The van der Waals surface area contributed by atoms with Gasteiger partial charge in [-0.25, -0.2) is 8.42 Å². The standard InChI is InChI=1S/C14H22N2O4S/c1-2-11-13(17)15-12(10-3-4-10)14(18)16(11)7-9-5-6-21(19,20)8-9/h9-12H,2-8H2,1H3,(H,15,17). The average Bonchev–Trinajstić information content (AvgIpc) is 3.19. The molecule has 1 N–H and O–H groups in total. The van der Waals surface area contributed by atoms with Crippen molar-refractivity contribution in [1.82, 2.24) is 10.2 Å². The lowest BCUT2D eigenvalue weighted by atomic mass is 9.99. The zero-order chi connectivity index (χ0) is 15.2. The second kappa shape index (κ2) is 5.26. The summed E-state index contributed by atoms with van der Waals surface area (Å²) in [5.41, 5.74) is 0. The Kier molecular flexibility index (Phi) is 3.71. The number of nitrogens with one attached hydrogen (secondary N) is 1. The van der Waals surface area contributed by atoms with Gasteiger partial charge in [0.25, 0.3) is 0 Å². The fourth-order valence-corrected chi connectivity index (χ4v) is 5.30. The molecule has 118 valence electrons. The summed E-state index contributed by atoms with van der Waals surface area (Å²) < 4.78 is 23.2. The number of amides is 2. The maximum Gasteiger partial charge on any atom is 0.246 e. The third kappa shape index (κ3) is 2.93. The van der Waals surface area contributed by atoms with E-state index in [0.717, 1.165) is 12.8 Å². The van der Waals surface area contributed by atoms with Crippen LogP contribution in [0.3, 0.4) is 0 Å². The molecule has 0 spiro atoms. The molecule has 0 aromatic carbocycles. The molecule has 21 heavy (non-hydrogen) atoms. The Morgan fingerprint density at radius 3 is 2.48 bits per heavy atom. The summed E-state index contributed by atoms with van der Waals surface area (Å²) in [4.78, 5) is 26.5. The van der Waals surface area contributed by atoms with Gasteiger partial charge >= 0.3 is 0 Å². The molecule has 0 aromatic rings.